The molecular weight excluding hydrogens is 674 g/mol. The fourth-order valence-corrected chi connectivity index (χ4v) is 9.90. The van der Waals surface area contributed by atoms with E-state index in [1.54, 1.807) is 11.8 Å². The molecule has 1 fully saturated rings. The van der Waals surface area contributed by atoms with Crippen LogP contribution >= 0.6 is 35.1 Å². The number of halogens is 1. The first-order valence-corrected chi connectivity index (χ1v) is 19.5. The van der Waals surface area contributed by atoms with Crippen molar-refractivity contribution in [2.24, 2.45) is 14.1 Å². The molecule has 3 aliphatic heterocycles. The third-order valence-corrected chi connectivity index (χ3v) is 12.4. The smallest absolute Gasteiger partial charge is 0.354 e. The molecule has 5 heterocycles. The molecule has 3 aromatic carbocycles. The Bertz CT molecular complexity index is 2120. The molecule has 0 spiro atoms. The van der Waals surface area contributed by atoms with Crippen LogP contribution < -0.4 is 10.2 Å². The molecule has 5 aromatic rings. The molecule has 1 unspecified atom stereocenters. The summed E-state index contributed by atoms with van der Waals surface area (Å²) in [6, 6.07) is 19.2. The number of esters is 1. The summed E-state index contributed by atoms with van der Waals surface area (Å²) in [5, 5.41) is 11.2. The molecule has 2 aromatic heterocycles. The van der Waals surface area contributed by atoms with E-state index in [1.165, 1.54) is 24.1 Å². The number of nitrogens with zero attached hydrogens (tertiary/aromatic N) is 4. The number of carbonyl (C=O) groups is 1. The highest BCUT2D eigenvalue weighted by molar-refractivity contribution is 7.98. The molecule has 11 heteroatoms. The second-order valence-electron chi connectivity index (χ2n) is 13.0. The number of aromatic nitrogens is 3. The lowest BCUT2D eigenvalue weighted by atomic mass is 9.93. The van der Waals surface area contributed by atoms with Gasteiger partial charge in [0.15, 0.2) is 0 Å². The Kier molecular flexibility index (Phi) is 9.07. The van der Waals surface area contributed by atoms with E-state index in [1.807, 2.05) is 41.2 Å². The molecule has 1 saturated heterocycles. The van der Waals surface area contributed by atoms with E-state index in [-0.39, 0.29) is 12.0 Å². The minimum Gasteiger partial charge on any atom is -0.493 e. The Morgan fingerprint density at radius 3 is 2.80 bits per heavy atom. The fraction of sp³-hybridized carbons (Fsp3) is 0.368. The molecule has 0 radical (unpaired) electrons. The second kappa shape index (κ2) is 13.6. The van der Waals surface area contributed by atoms with E-state index in [4.69, 9.17) is 26.2 Å². The van der Waals surface area contributed by atoms with E-state index < -0.39 is 0 Å². The summed E-state index contributed by atoms with van der Waals surface area (Å²) < 4.78 is 15.9. The number of fused-ring (bicyclic) bond motifs is 9. The van der Waals surface area contributed by atoms with Gasteiger partial charge in [0, 0.05) is 76.1 Å². The van der Waals surface area contributed by atoms with Gasteiger partial charge in [-0.3, -0.25) is 4.68 Å². The SMILES string of the molecule is COC(=O)c1c2c3ccc(Cl)c(c3n1C)C1=C3CCCCN3NC1CSCc1cc(n(C)n1)CSc1cc(c3ccccc3c1)OCCC2. The molecule has 1 N–H and O–H groups in total. The van der Waals surface area contributed by atoms with Gasteiger partial charge in [0.1, 0.15) is 11.4 Å². The number of hydrogen-bond donors (Lipinski definition) is 1. The maximum absolute atomic E-state index is 13.4. The lowest BCUT2D eigenvalue weighted by Crippen LogP contribution is -2.40. The fourth-order valence-electron chi connectivity index (χ4n) is 7.71. The number of benzene rings is 3. The second-order valence-corrected chi connectivity index (χ2v) is 15.5. The number of carbonyl (C=O) groups excluding carboxylic acids is 1. The number of aryl methyl sites for hydroxylation is 3. The van der Waals surface area contributed by atoms with Crippen molar-refractivity contribution in [2.75, 3.05) is 26.0 Å². The lowest BCUT2D eigenvalue weighted by Gasteiger charge is -2.27. The third-order valence-electron chi connectivity index (χ3n) is 9.97. The molecule has 0 saturated carbocycles. The van der Waals surface area contributed by atoms with Crippen molar-refractivity contribution < 1.29 is 14.3 Å². The monoisotopic (exact) mass is 713 g/mol. The van der Waals surface area contributed by atoms with Crippen molar-refractivity contribution in [3.8, 4) is 5.75 Å². The van der Waals surface area contributed by atoms with Crippen molar-refractivity contribution in [1.82, 2.24) is 24.8 Å². The zero-order valence-electron chi connectivity index (χ0n) is 28.1. The van der Waals surface area contributed by atoms with Crippen LogP contribution in [0.5, 0.6) is 5.75 Å². The normalized spacial score (nSPS) is 18.7. The number of hydrazine groups is 1. The zero-order chi connectivity index (χ0) is 33.6. The maximum Gasteiger partial charge on any atom is 0.354 e. The molecule has 1 atom stereocenters. The number of hydrogen-bond acceptors (Lipinski definition) is 8. The van der Waals surface area contributed by atoms with E-state index in [2.05, 4.69) is 59.0 Å². The summed E-state index contributed by atoms with van der Waals surface area (Å²) >= 11 is 10.9. The largest absolute Gasteiger partial charge is 0.493 e. The van der Waals surface area contributed by atoms with Gasteiger partial charge >= 0.3 is 5.97 Å². The van der Waals surface area contributed by atoms with Crippen molar-refractivity contribution in [3.63, 3.8) is 0 Å². The minimum absolute atomic E-state index is 0.0720. The highest BCUT2D eigenvalue weighted by Gasteiger charge is 2.36. The van der Waals surface area contributed by atoms with Gasteiger partial charge < -0.3 is 19.0 Å². The number of piperidine rings is 1. The van der Waals surface area contributed by atoms with Gasteiger partial charge in [0.2, 0.25) is 0 Å². The van der Waals surface area contributed by atoms with Crippen molar-refractivity contribution in [2.45, 2.75) is 54.5 Å². The quantitative estimate of drug-likeness (QED) is 0.175. The van der Waals surface area contributed by atoms with Crippen molar-refractivity contribution in [1.29, 1.82) is 0 Å². The predicted octanol–water partition coefficient (Wildman–Crippen LogP) is 8.14. The summed E-state index contributed by atoms with van der Waals surface area (Å²) in [6.45, 7) is 1.48. The number of methoxy groups -OCH3 is 1. The highest BCUT2D eigenvalue weighted by Crippen LogP contribution is 2.44. The van der Waals surface area contributed by atoms with Crippen molar-refractivity contribution >= 4 is 68.3 Å². The van der Waals surface area contributed by atoms with E-state index in [0.29, 0.717) is 23.7 Å². The summed E-state index contributed by atoms with van der Waals surface area (Å²) in [5.41, 5.74) is 12.2. The Balaban J connectivity index is 1.25. The molecule has 3 aliphatic rings. The van der Waals surface area contributed by atoms with Crippen LogP contribution in [0.1, 0.15) is 58.7 Å². The van der Waals surface area contributed by atoms with Crippen LogP contribution in [0.2, 0.25) is 5.02 Å². The zero-order valence-corrected chi connectivity index (χ0v) is 30.4. The first-order chi connectivity index (χ1) is 23.9. The van der Waals surface area contributed by atoms with Crippen LogP contribution in [0.25, 0.3) is 27.2 Å². The summed E-state index contributed by atoms with van der Waals surface area (Å²) in [6.07, 6.45) is 4.67. The topological polar surface area (TPSA) is 73.5 Å². The first-order valence-electron chi connectivity index (χ1n) is 16.9. The van der Waals surface area contributed by atoms with E-state index in [9.17, 15) is 4.79 Å². The molecule has 8 nitrogen and oxygen atoms in total. The van der Waals surface area contributed by atoms with E-state index in [0.717, 1.165) is 98.6 Å². The molecular formula is C38H40ClN5O3S2. The molecule has 254 valence electrons. The molecule has 0 amide bonds. The summed E-state index contributed by atoms with van der Waals surface area (Å²) in [7, 11) is 5.46. The number of rotatable bonds is 1. The summed E-state index contributed by atoms with van der Waals surface area (Å²) in [5.74, 6) is 3.02. The van der Waals surface area contributed by atoms with Gasteiger partial charge in [-0.1, -0.05) is 41.9 Å². The van der Waals surface area contributed by atoms with Gasteiger partial charge in [0.05, 0.1) is 36.0 Å². The number of nitrogens with one attached hydrogen (secondary N) is 1. The standard InChI is InChI=1S/C38H40ClN5O3S2/c1-42-36-29-13-14-30(39)34(36)35-31(41-44-15-7-6-12-32(35)44)22-48-20-24-18-25(43(2)40-24)21-49-26-17-23-9-4-5-10-27(23)33(19-26)47-16-8-11-28(29)37(42)38(45)46-3/h4-5,9-10,13-14,17-19,31,41H,6-8,11-12,15-16,20-22H2,1-3H3. The van der Waals surface area contributed by atoms with Gasteiger partial charge in [-0.2, -0.15) is 16.9 Å². The average Bonchev–Trinajstić information content (AvgIpc) is 3.75. The Morgan fingerprint density at radius 2 is 1.92 bits per heavy atom. The van der Waals surface area contributed by atoms with Gasteiger partial charge in [-0.25, -0.2) is 10.2 Å². The third kappa shape index (κ3) is 6.00. The molecule has 8 rings (SSSR count). The molecule has 8 bridgehead atoms. The van der Waals surface area contributed by atoms with E-state index >= 15 is 0 Å². The van der Waals surface area contributed by atoms with Crippen LogP contribution in [-0.4, -0.2) is 57.4 Å². The molecule has 0 aliphatic carbocycles. The maximum atomic E-state index is 13.4. The van der Waals surface area contributed by atoms with Crippen LogP contribution in [0, 0.1) is 0 Å². The number of ether oxygens (including phenoxy) is 2. The highest BCUT2D eigenvalue weighted by atomic mass is 35.5. The number of allylic oxidation sites excluding steroid dienone is 1. The van der Waals surface area contributed by atoms with Crippen molar-refractivity contribution in [3.05, 3.63) is 93.5 Å². The number of thioether (sulfide) groups is 2. The lowest BCUT2D eigenvalue weighted by molar-refractivity contribution is 0.0589. The van der Waals surface area contributed by atoms with Gasteiger partial charge in [-0.05, 0) is 67.3 Å². The first kappa shape index (κ1) is 32.6. The van der Waals surface area contributed by atoms with Crippen LogP contribution in [0.3, 0.4) is 0 Å². The van der Waals surface area contributed by atoms with Gasteiger partial charge in [0.25, 0.3) is 0 Å². The molecule has 49 heavy (non-hydrogen) atoms. The Labute approximate surface area is 300 Å². The van der Waals surface area contributed by atoms with Crippen LogP contribution in [0.4, 0.5) is 0 Å². The van der Waals surface area contributed by atoms with Crippen LogP contribution in [-0.2, 0) is 36.8 Å². The Morgan fingerprint density at radius 1 is 1.04 bits per heavy atom. The average molecular weight is 714 g/mol. The Hall–Kier alpha value is -3.57. The van der Waals surface area contributed by atoms with Gasteiger partial charge in [-0.15, -0.1) is 11.8 Å². The minimum atomic E-state index is -0.342. The predicted molar refractivity (Wildman–Crippen MR) is 200 cm³/mol. The summed E-state index contributed by atoms with van der Waals surface area (Å²) in [4.78, 5) is 14.6. The van der Waals surface area contributed by atoms with Crippen LogP contribution in [0.15, 0.2) is 65.2 Å².